The number of carbonyl (C=O) groups is 1. The third kappa shape index (κ3) is 6.96. The first-order valence-corrected chi connectivity index (χ1v) is 16.8. The Balaban J connectivity index is 1.34. The van der Waals surface area contributed by atoms with Crippen molar-refractivity contribution in [3.05, 3.63) is 120 Å². The monoisotopic (exact) mass is 649 g/mol. The molecule has 0 aromatic heterocycles. The second kappa shape index (κ2) is 13.0. The number of hydrogen-bond acceptors (Lipinski definition) is 6. The van der Waals surface area contributed by atoms with Crippen LogP contribution in [0.4, 0.5) is 17.1 Å². The predicted octanol–water partition coefficient (Wildman–Crippen LogP) is 6.53. The molecular weight excluding hydrogens is 622 g/mol. The summed E-state index contributed by atoms with van der Waals surface area (Å²) in [6.07, 6.45) is 0. The molecule has 0 atom stereocenters. The molecule has 226 valence electrons. The van der Waals surface area contributed by atoms with Crippen LogP contribution < -0.4 is 19.1 Å². The van der Waals surface area contributed by atoms with Crippen molar-refractivity contribution in [2.24, 2.45) is 0 Å². The molecule has 1 amide bonds. The van der Waals surface area contributed by atoms with Crippen LogP contribution in [0.2, 0.25) is 5.02 Å². The van der Waals surface area contributed by atoms with Gasteiger partial charge in [0.25, 0.3) is 20.0 Å². The highest BCUT2D eigenvalue weighted by molar-refractivity contribution is 7.93. The molecule has 5 aromatic carbocycles. The largest absolute Gasteiger partial charge is 0.494 e. The van der Waals surface area contributed by atoms with Crippen LogP contribution >= 0.6 is 11.6 Å². The maximum Gasteiger partial charge on any atom is 0.264 e. The summed E-state index contributed by atoms with van der Waals surface area (Å²) >= 11 is 5.95. The second-order valence-electron chi connectivity index (χ2n) is 9.60. The Labute approximate surface area is 261 Å². The Morgan fingerprint density at radius 2 is 1.41 bits per heavy atom. The summed E-state index contributed by atoms with van der Waals surface area (Å²) in [7, 11) is -8.11. The van der Waals surface area contributed by atoms with Crippen molar-refractivity contribution in [2.45, 2.75) is 16.7 Å². The fourth-order valence-electron chi connectivity index (χ4n) is 4.49. The Morgan fingerprint density at radius 3 is 2.09 bits per heavy atom. The van der Waals surface area contributed by atoms with Gasteiger partial charge >= 0.3 is 0 Å². The van der Waals surface area contributed by atoms with Crippen LogP contribution in [0.15, 0.2) is 125 Å². The number of benzene rings is 5. The number of nitrogens with one attached hydrogen (secondary N) is 2. The van der Waals surface area contributed by atoms with Crippen molar-refractivity contribution in [3.8, 4) is 5.75 Å². The number of carbonyl (C=O) groups excluding carboxylic acids is 1. The number of amides is 1. The zero-order chi connectivity index (χ0) is 31.3. The van der Waals surface area contributed by atoms with Gasteiger partial charge in [0.1, 0.15) is 12.3 Å². The van der Waals surface area contributed by atoms with Gasteiger partial charge in [-0.3, -0.25) is 13.8 Å². The van der Waals surface area contributed by atoms with E-state index in [0.717, 1.165) is 15.1 Å². The summed E-state index contributed by atoms with van der Waals surface area (Å²) in [5.74, 6) is -0.0876. The van der Waals surface area contributed by atoms with E-state index in [1.54, 1.807) is 36.4 Å². The van der Waals surface area contributed by atoms with E-state index in [1.807, 2.05) is 37.3 Å². The van der Waals surface area contributed by atoms with Crippen LogP contribution in [-0.4, -0.2) is 35.9 Å². The van der Waals surface area contributed by atoms with E-state index in [4.69, 9.17) is 16.3 Å². The molecule has 12 heteroatoms. The van der Waals surface area contributed by atoms with Crippen molar-refractivity contribution in [2.75, 3.05) is 27.5 Å². The number of sulfonamides is 2. The molecule has 0 aliphatic carbocycles. The minimum Gasteiger partial charge on any atom is -0.494 e. The minimum absolute atomic E-state index is 0.00948. The van der Waals surface area contributed by atoms with Gasteiger partial charge in [-0.25, -0.2) is 16.8 Å². The highest BCUT2D eigenvalue weighted by atomic mass is 35.5. The summed E-state index contributed by atoms with van der Waals surface area (Å²) in [5.41, 5.74) is 0.978. The maximum absolute atomic E-state index is 13.6. The average molecular weight is 650 g/mol. The molecule has 0 saturated heterocycles. The highest BCUT2D eigenvalue weighted by Crippen LogP contribution is 2.28. The number of anilines is 3. The van der Waals surface area contributed by atoms with Crippen LogP contribution in [0.1, 0.15) is 6.92 Å². The fraction of sp³-hybridized carbons (Fsp3) is 0.0938. The quantitative estimate of drug-likeness (QED) is 0.168. The van der Waals surface area contributed by atoms with Gasteiger partial charge in [-0.1, -0.05) is 48.0 Å². The summed E-state index contributed by atoms with van der Waals surface area (Å²) in [6.45, 7) is 1.72. The van der Waals surface area contributed by atoms with Gasteiger partial charge in [-0.15, -0.1) is 0 Å². The van der Waals surface area contributed by atoms with Crippen molar-refractivity contribution in [1.29, 1.82) is 0 Å². The number of rotatable bonds is 11. The normalized spacial score (nSPS) is 11.6. The topological polar surface area (TPSA) is 122 Å². The molecule has 0 aliphatic rings. The standard InChI is InChI=1S/C32H28ClN3O6S2/c1-2-42-27-16-14-26(15-17-27)36(44(40,41)29-18-10-24(33)11-19-29)22-32(37)34-25-12-20-28(21-13-25)43(38,39)35-31-9-5-7-23-6-3-4-8-30(23)31/h3-21,35H,2,22H2,1H3,(H,34,37). The van der Waals surface area contributed by atoms with Crippen molar-refractivity contribution >= 4 is 65.4 Å². The minimum atomic E-state index is -4.17. The molecule has 0 saturated carbocycles. The van der Waals surface area contributed by atoms with E-state index in [-0.39, 0.29) is 21.2 Å². The molecule has 0 fully saturated rings. The van der Waals surface area contributed by atoms with E-state index in [9.17, 15) is 21.6 Å². The molecule has 44 heavy (non-hydrogen) atoms. The molecule has 2 N–H and O–H groups in total. The molecule has 0 spiro atoms. The second-order valence-corrected chi connectivity index (χ2v) is 13.6. The molecule has 0 aliphatic heterocycles. The molecule has 0 unspecified atom stereocenters. The van der Waals surface area contributed by atoms with Crippen LogP contribution in [0.5, 0.6) is 5.75 Å². The number of hydrogen-bond donors (Lipinski definition) is 2. The van der Waals surface area contributed by atoms with Crippen LogP contribution in [0, 0.1) is 0 Å². The Hall–Kier alpha value is -4.58. The van der Waals surface area contributed by atoms with Gasteiger partial charge in [0.15, 0.2) is 0 Å². The lowest BCUT2D eigenvalue weighted by atomic mass is 10.1. The third-order valence-electron chi connectivity index (χ3n) is 6.61. The average Bonchev–Trinajstić information content (AvgIpc) is 3.01. The van der Waals surface area contributed by atoms with Crippen molar-refractivity contribution < 1.29 is 26.4 Å². The molecule has 9 nitrogen and oxygen atoms in total. The summed E-state index contributed by atoms with van der Waals surface area (Å²) in [6, 6.07) is 30.3. The van der Waals surface area contributed by atoms with Crippen LogP contribution in [0.3, 0.4) is 0 Å². The Morgan fingerprint density at radius 1 is 0.773 bits per heavy atom. The molecule has 0 bridgehead atoms. The van der Waals surface area contributed by atoms with Gasteiger partial charge in [0.2, 0.25) is 5.91 Å². The van der Waals surface area contributed by atoms with E-state index >= 15 is 0 Å². The zero-order valence-corrected chi connectivity index (χ0v) is 25.9. The molecule has 0 heterocycles. The van der Waals surface area contributed by atoms with E-state index < -0.39 is 32.5 Å². The zero-order valence-electron chi connectivity index (χ0n) is 23.5. The Bertz CT molecular complexity index is 2000. The smallest absolute Gasteiger partial charge is 0.264 e. The van der Waals surface area contributed by atoms with E-state index in [1.165, 1.54) is 48.5 Å². The summed E-state index contributed by atoms with van der Waals surface area (Å²) in [5, 5.41) is 4.67. The lowest BCUT2D eigenvalue weighted by Gasteiger charge is -2.24. The molecular formula is C32H28ClN3O6S2. The fourth-order valence-corrected chi connectivity index (χ4v) is 7.12. The van der Waals surface area contributed by atoms with Gasteiger partial charge in [0, 0.05) is 16.1 Å². The molecule has 5 rings (SSSR count). The number of fused-ring (bicyclic) bond motifs is 1. The first-order valence-electron chi connectivity index (χ1n) is 13.5. The summed E-state index contributed by atoms with van der Waals surface area (Å²) < 4.78 is 62.6. The van der Waals surface area contributed by atoms with Crippen LogP contribution in [-0.2, 0) is 24.8 Å². The highest BCUT2D eigenvalue weighted by Gasteiger charge is 2.27. The van der Waals surface area contributed by atoms with Crippen molar-refractivity contribution in [1.82, 2.24) is 0 Å². The predicted molar refractivity (Wildman–Crippen MR) is 173 cm³/mol. The molecule has 0 radical (unpaired) electrons. The van der Waals surface area contributed by atoms with Gasteiger partial charge in [0.05, 0.1) is 27.8 Å². The van der Waals surface area contributed by atoms with Gasteiger partial charge in [-0.2, -0.15) is 0 Å². The van der Waals surface area contributed by atoms with E-state index in [0.29, 0.717) is 23.1 Å². The maximum atomic E-state index is 13.6. The Kier molecular flexibility index (Phi) is 9.09. The first-order chi connectivity index (χ1) is 21.1. The number of nitrogens with zero attached hydrogens (tertiary/aromatic N) is 1. The number of halogens is 1. The van der Waals surface area contributed by atoms with Crippen molar-refractivity contribution in [3.63, 3.8) is 0 Å². The summed E-state index contributed by atoms with van der Waals surface area (Å²) in [4.78, 5) is 13.1. The third-order valence-corrected chi connectivity index (χ3v) is 10.0. The number of ether oxygens (including phenoxy) is 1. The lowest BCUT2D eigenvalue weighted by molar-refractivity contribution is -0.114. The molecule has 5 aromatic rings. The van der Waals surface area contributed by atoms with Crippen LogP contribution in [0.25, 0.3) is 10.8 Å². The first kappa shape index (κ1) is 30.9. The SMILES string of the molecule is CCOc1ccc(N(CC(=O)Nc2ccc(S(=O)(=O)Nc3cccc4ccccc34)cc2)S(=O)(=O)c2ccc(Cl)cc2)cc1. The van der Waals surface area contributed by atoms with E-state index in [2.05, 4.69) is 10.0 Å². The van der Waals surface area contributed by atoms with Gasteiger partial charge in [-0.05, 0) is 91.2 Å². The lowest BCUT2D eigenvalue weighted by Crippen LogP contribution is -2.38. The van der Waals surface area contributed by atoms with Gasteiger partial charge < -0.3 is 10.1 Å².